The molecule has 0 spiro atoms. The van der Waals surface area contributed by atoms with E-state index < -0.39 is 0 Å². The molecule has 3 atom stereocenters. The minimum Gasteiger partial charge on any atom is -0.349 e. The van der Waals surface area contributed by atoms with Crippen LogP contribution in [0.1, 0.15) is 57.1 Å². The molecule has 23 heavy (non-hydrogen) atoms. The topological polar surface area (TPSA) is 29.1 Å². The van der Waals surface area contributed by atoms with Gasteiger partial charge in [0.25, 0.3) is 0 Å². The quantitative estimate of drug-likeness (QED) is 0.754. The highest BCUT2D eigenvalue weighted by Gasteiger charge is 2.60. The summed E-state index contributed by atoms with van der Waals surface area (Å²) < 4.78 is 0. The molecule has 0 radical (unpaired) electrons. The first kappa shape index (κ1) is 15.8. The lowest BCUT2D eigenvalue weighted by Gasteiger charge is -2.59. The highest BCUT2D eigenvalue weighted by Crippen LogP contribution is 2.63. The van der Waals surface area contributed by atoms with Gasteiger partial charge < -0.3 is 5.32 Å². The Morgan fingerprint density at radius 1 is 1.26 bits per heavy atom. The van der Waals surface area contributed by atoms with Gasteiger partial charge in [-0.25, -0.2) is 0 Å². The van der Waals surface area contributed by atoms with Crippen LogP contribution in [0.2, 0.25) is 5.02 Å². The van der Waals surface area contributed by atoms with Crippen LogP contribution in [0.15, 0.2) is 24.3 Å². The highest BCUT2D eigenvalue weighted by atomic mass is 35.5. The van der Waals surface area contributed by atoms with E-state index in [0.29, 0.717) is 16.9 Å². The molecule has 5 rings (SSSR count). The summed E-state index contributed by atoms with van der Waals surface area (Å²) in [7, 11) is 0. The number of nitrogens with one attached hydrogen (secondary N) is 1. The van der Waals surface area contributed by atoms with Crippen LogP contribution in [0.25, 0.3) is 0 Å². The second kappa shape index (κ2) is 5.39. The molecule has 1 amide bonds. The Labute approximate surface area is 147 Å². The minimum absolute atomic E-state index is 0.0273. The number of rotatable bonds is 3. The van der Waals surface area contributed by atoms with Crippen molar-refractivity contribution >= 4 is 29.1 Å². The van der Waals surface area contributed by atoms with Crippen molar-refractivity contribution in [2.75, 3.05) is 0 Å². The first-order valence-corrected chi connectivity index (χ1v) is 9.38. The highest BCUT2D eigenvalue weighted by molar-refractivity contribution is 6.30. The molecule has 4 heteroatoms. The minimum atomic E-state index is -0.237. The summed E-state index contributed by atoms with van der Waals surface area (Å²) in [4.78, 5) is 13.0. The lowest BCUT2D eigenvalue weighted by Crippen LogP contribution is -2.58. The van der Waals surface area contributed by atoms with Crippen molar-refractivity contribution in [3.63, 3.8) is 0 Å². The van der Waals surface area contributed by atoms with E-state index in [1.54, 1.807) is 0 Å². The lowest BCUT2D eigenvalue weighted by atomic mass is 9.49. The van der Waals surface area contributed by atoms with Gasteiger partial charge in [-0.2, -0.15) is 0 Å². The van der Waals surface area contributed by atoms with Gasteiger partial charge in [-0.3, -0.25) is 4.79 Å². The van der Waals surface area contributed by atoms with Gasteiger partial charge in [0.15, 0.2) is 0 Å². The van der Waals surface area contributed by atoms with Gasteiger partial charge in [-0.1, -0.05) is 23.7 Å². The monoisotopic (exact) mass is 351 g/mol. The Bertz CT molecular complexity index is 630. The van der Waals surface area contributed by atoms with E-state index in [-0.39, 0.29) is 22.2 Å². The lowest BCUT2D eigenvalue weighted by molar-refractivity contribution is -0.145. The molecule has 0 heterocycles. The Morgan fingerprint density at radius 3 is 2.57 bits per heavy atom. The molecule has 4 saturated carbocycles. The zero-order valence-electron chi connectivity index (χ0n) is 13.4. The third kappa shape index (κ3) is 2.78. The van der Waals surface area contributed by atoms with E-state index in [9.17, 15) is 4.79 Å². The van der Waals surface area contributed by atoms with Crippen LogP contribution >= 0.6 is 23.2 Å². The Balaban J connectivity index is 1.53. The molecule has 0 aromatic heterocycles. The molecular formula is C19H23Cl2NO. The molecule has 124 valence electrons. The van der Waals surface area contributed by atoms with Crippen molar-refractivity contribution in [1.82, 2.24) is 5.32 Å². The van der Waals surface area contributed by atoms with Crippen LogP contribution in [0, 0.1) is 17.3 Å². The average molecular weight is 352 g/mol. The molecule has 0 saturated heterocycles. The molecular weight excluding hydrogens is 329 g/mol. The predicted molar refractivity (Wildman–Crippen MR) is 93.7 cm³/mol. The Morgan fingerprint density at radius 2 is 1.96 bits per heavy atom. The van der Waals surface area contributed by atoms with Crippen LogP contribution in [0.4, 0.5) is 0 Å². The van der Waals surface area contributed by atoms with Gasteiger partial charge in [0, 0.05) is 9.90 Å². The molecule has 3 unspecified atom stereocenters. The zero-order chi connectivity index (χ0) is 16.2. The summed E-state index contributed by atoms with van der Waals surface area (Å²) in [5.74, 6) is 1.48. The smallest absolute Gasteiger partial charge is 0.226 e. The molecule has 1 aromatic rings. The largest absolute Gasteiger partial charge is 0.349 e. The number of hydrogen-bond acceptors (Lipinski definition) is 1. The van der Waals surface area contributed by atoms with Crippen LogP contribution in [0.5, 0.6) is 0 Å². The van der Waals surface area contributed by atoms with Gasteiger partial charge in [0.05, 0.1) is 11.5 Å². The standard InChI is InChI=1S/C19H23Cl2NO/c1-12(15-3-2-4-16(20)6-15)22-17(23)18-7-13-5-14(8-18)10-19(21,9-13)11-18/h2-4,6,12-14H,5,7-11H2,1H3,(H,22,23). The molecule has 1 N–H and O–H groups in total. The summed E-state index contributed by atoms with van der Waals surface area (Å²) in [6.07, 6.45) is 6.36. The van der Waals surface area contributed by atoms with Gasteiger partial charge in [-0.15, -0.1) is 11.6 Å². The van der Waals surface area contributed by atoms with Crippen molar-refractivity contribution < 1.29 is 4.79 Å². The van der Waals surface area contributed by atoms with Crippen molar-refractivity contribution in [2.24, 2.45) is 17.3 Å². The second-order valence-corrected chi connectivity index (χ2v) is 9.38. The maximum absolute atomic E-state index is 13.1. The van der Waals surface area contributed by atoms with Gasteiger partial charge >= 0.3 is 0 Å². The predicted octanol–water partition coefficient (Wildman–Crippen LogP) is 5.10. The van der Waals surface area contributed by atoms with E-state index in [1.165, 1.54) is 6.42 Å². The molecule has 0 aliphatic heterocycles. The molecule has 4 aliphatic carbocycles. The van der Waals surface area contributed by atoms with Gasteiger partial charge in [0.1, 0.15) is 0 Å². The van der Waals surface area contributed by atoms with E-state index >= 15 is 0 Å². The molecule has 4 aliphatic rings. The number of amides is 1. The Kier molecular flexibility index (Phi) is 3.70. The molecule has 2 nitrogen and oxygen atoms in total. The summed E-state index contributed by atoms with van der Waals surface area (Å²) in [5.41, 5.74) is 0.815. The SMILES string of the molecule is CC(NC(=O)C12CC3CC(CC(Cl)(C3)C1)C2)c1cccc(Cl)c1. The first-order chi connectivity index (χ1) is 10.9. The Hall–Kier alpha value is -0.730. The van der Waals surface area contributed by atoms with Crippen molar-refractivity contribution in [3.05, 3.63) is 34.9 Å². The zero-order valence-corrected chi connectivity index (χ0v) is 15.0. The van der Waals surface area contributed by atoms with Crippen molar-refractivity contribution in [1.29, 1.82) is 0 Å². The molecule has 4 fully saturated rings. The fourth-order valence-electron chi connectivity index (χ4n) is 5.63. The summed E-state index contributed by atoms with van der Waals surface area (Å²) in [6, 6.07) is 7.70. The number of carbonyl (C=O) groups excluding carboxylic acids is 1. The third-order valence-corrected chi connectivity index (χ3v) is 6.84. The second-order valence-electron chi connectivity index (χ2n) is 8.14. The fraction of sp³-hybridized carbons (Fsp3) is 0.632. The van der Waals surface area contributed by atoms with E-state index in [1.807, 2.05) is 31.2 Å². The summed E-state index contributed by atoms with van der Waals surface area (Å²) in [5, 5.41) is 3.95. The van der Waals surface area contributed by atoms with Crippen molar-refractivity contribution in [2.45, 2.75) is 56.4 Å². The van der Waals surface area contributed by atoms with Crippen LogP contribution in [0.3, 0.4) is 0 Å². The molecule has 4 bridgehead atoms. The maximum atomic E-state index is 13.1. The number of hydrogen-bond donors (Lipinski definition) is 1. The summed E-state index contributed by atoms with van der Waals surface area (Å²) >= 11 is 12.9. The first-order valence-electron chi connectivity index (χ1n) is 8.63. The molecule has 1 aromatic carbocycles. The number of halogens is 2. The van der Waals surface area contributed by atoms with E-state index in [2.05, 4.69) is 5.32 Å². The van der Waals surface area contributed by atoms with E-state index in [4.69, 9.17) is 23.2 Å². The fourth-order valence-corrected chi connectivity index (χ4v) is 6.52. The summed E-state index contributed by atoms with van der Waals surface area (Å²) in [6.45, 7) is 2.03. The third-order valence-electron chi connectivity index (χ3n) is 6.17. The average Bonchev–Trinajstić information content (AvgIpc) is 2.44. The van der Waals surface area contributed by atoms with Crippen LogP contribution in [-0.4, -0.2) is 10.8 Å². The van der Waals surface area contributed by atoms with Gasteiger partial charge in [-0.05, 0) is 75.0 Å². The van der Waals surface area contributed by atoms with Gasteiger partial charge in [0.2, 0.25) is 5.91 Å². The number of alkyl halides is 1. The number of benzene rings is 1. The van der Waals surface area contributed by atoms with Crippen LogP contribution in [-0.2, 0) is 4.79 Å². The maximum Gasteiger partial charge on any atom is 0.226 e. The van der Waals surface area contributed by atoms with Crippen molar-refractivity contribution in [3.8, 4) is 0 Å². The van der Waals surface area contributed by atoms with E-state index in [0.717, 1.165) is 37.7 Å². The normalized spacial score (nSPS) is 39.3. The number of carbonyl (C=O) groups is 1. The van der Waals surface area contributed by atoms with Crippen LogP contribution < -0.4 is 5.32 Å².